The van der Waals surface area contributed by atoms with Crippen LogP contribution in [0.4, 0.5) is 5.69 Å². The summed E-state index contributed by atoms with van der Waals surface area (Å²) in [6, 6.07) is 9.86. The lowest BCUT2D eigenvalue weighted by Crippen LogP contribution is -2.06. The van der Waals surface area contributed by atoms with Gasteiger partial charge in [-0.05, 0) is 23.8 Å². The number of non-ortho nitro benzene ring substituents is 1. The molecule has 2 rings (SSSR count). The van der Waals surface area contributed by atoms with Crippen LogP contribution in [0.5, 0.6) is 17.2 Å². The van der Waals surface area contributed by atoms with Crippen molar-refractivity contribution in [2.45, 2.75) is 6.54 Å². The van der Waals surface area contributed by atoms with Crippen LogP contribution in [-0.4, -0.2) is 32.5 Å². The molecule has 0 saturated heterocycles. The van der Waals surface area contributed by atoms with Crippen molar-refractivity contribution < 1.29 is 19.1 Å². The Morgan fingerprint density at radius 2 is 1.72 bits per heavy atom. The number of benzene rings is 2. The monoisotopic (exact) mass is 345 g/mol. The maximum absolute atomic E-state index is 10.9. The highest BCUT2D eigenvalue weighted by atomic mass is 16.6. The number of hydrogen-bond acceptors (Lipinski definition) is 7. The fraction of sp³-hybridized carbons (Fsp3) is 0.235. The molecular weight excluding hydrogens is 326 g/mol. The Morgan fingerprint density at radius 1 is 1.04 bits per heavy atom. The van der Waals surface area contributed by atoms with Gasteiger partial charge in [-0.3, -0.25) is 10.1 Å². The van der Waals surface area contributed by atoms with Crippen LogP contribution < -0.4 is 19.6 Å². The number of hydrazone groups is 1. The first-order chi connectivity index (χ1) is 12.1. The minimum Gasteiger partial charge on any atom is -0.496 e. The van der Waals surface area contributed by atoms with E-state index in [-0.39, 0.29) is 5.69 Å². The van der Waals surface area contributed by atoms with Crippen LogP contribution in [0.1, 0.15) is 11.1 Å². The average Bonchev–Trinajstić information content (AvgIpc) is 2.64. The molecule has 0 bridgehead atoms. The van der Waals surface area contributed by atoms with Crippen molar-refractivity contribution in [3.05, 3.63) is 57.6 Å². The molecule has 0 amide bonds. The molecule has 0 unspecified atom stereocenters. The molecule has 0 atom stereocenters. The van der Waals surface area contributed by atoms with Gasteiger partial charge in [0.15, 0.2) is 11.5 Å². The van der Waals surface area contributed by atoms with Gasteiger partial charge in [0, 0.05) is 17.7 Å². The predicted molar refractivity (Wildman–Crippen MR) is 93.6 cm³/mol. The zero-order valence-corrected chi connectivity index (χ0v) is 14.2. The fourth-order valence-electron chi connectivity index (χ4n) is 2.18. The van der Waals surface area contributed by atoms with E-state index >= 15 is 0 Å². The summed E-state index contributed by atoms with van der Waals surface area (Å²) in [4.78, 5) is 10.4. The van der Waals surface area contributed by atoms with Crippen LogP contribution in [0.15, 0.2) is 41.5 Å². The summed E-state index contributed by atoms with van der Waals surface area (Å²) in [5.74, 6) is 1.78. The standard InChI is InChI=1S/C17H19N3O5/c1-23-15-7-5-14(20(21)22)9-13(15)11-19-18-10-12-4-6-16(24-2)17(8-12)25-3/h4-9,11,18H,10H2,1-3H3/b19-11+. The Bertz CT molecular complexity index is 777. The predicted octanol–water partition coefficient (Wildman–Crippen LogP) is 2.74. The molecule has 0 aliphatic carbocycles. The minimum atomic E-state index is -0.464. The van der Waals surface area contributed by atoms with Crippen molar-refractivity contribution in [3.8, 4) is 17.2 Å². The molecular formula is C17H19N3O5. The van der Waals surface area contributed by atoms with Gasteiger partial charge >= 0.3 is 0 Å². The number of nitro groups is 1. The maximum Gasteiger partial charge on any atom is 0.270 e. The second-order valence-corrected chi connectivity index (χ2v) is 4.97. The van der Waals surface area contributed by atoms with Crippen molar-refractivity contribution >= 4 is 11.9 Å². The largest absolute Gasteiger partial charge is 0.496 e. The molecule has 1 N–H and O–H groups in total. The van der Waals surface area contributed by atoms with Crippen LogP contribution in [0.2, 0.25) is 0 Å². The molecule has 0 heterocycles. The van der Waals surface area contributed by atoms with Crippen LogP contribution in [0.25, 0.3) is 0 Å². The summed E-state index contributed by atoms with van der Waals surface area (Å²) < 4.78 is 15.6. The molecule has 0 aliphatic heterocycles. The van der Waals surface area contributed by atoms with Gasteiger partial charge in [-0.2, -0.15) is 5.10 Å². The summed E-state index contributed by atoms with van der Waals surface area (Å²) in [5, 5.41) is 15.0. The molecule has 25 heavy (non-hydrogen) atoms. The number of rotatable bonds is 8. The van der Waals surface area contributed by atoms with E-state index in [1.165, 1.54) is 31.5 Å². The quantitative estimate of drug-likeness (QED) is 0.449. The van der Waals surface area contributed by atoms with Gasteiger partial charge in [-0.1, -0.05) is 6.07 Å². The van der Waals surface area contributed by atoms with Gasteiger partial charge in [-0.15, -0.1) is 0 Å². The Labute approximate surface area is 145 Å². The van der Waals surface area contributed by atoms with Gasteiger partial charge in [0.05, 0.1) is 39.0 Å². The zero-order chi connectivity index (χ0) is 18.2. The second kappa shape index (κ2) is 8.53. The van der Waals surface area contributed by atoms with Crippen LogP contribution in [0, 0.1) is 10.1 Å². The number of nitro benzene ring substituents is 1. The van der Waals surface area contributed by atoms with E-state index < -0.39 is 4.92 Å². The van der Waals surface area contributed by atoms with Gasteiger partial charge in [0.1, 0.15) is 5.75 Å². The Hall–Kier alpha value is -3.29. The number of nitrogens with one attached hydrogen (secondary N) is 1. The molecule has 0 spiro atoms. The topological polar surface area (TPSA) is 95.2 Å². The van der Waals surface area contributed by atoms with Crippen molar-refractivity contribution in [1.29, 1.82) is 0 Å². The maximum atomic E-state index is 10.9. The number of hydrogen-bond donors (Lipinski definition) is 1. The minimum absolute atomic E-state index is 0.0258. The summed E-state index contributed by atoms with van der Waals surface area (Å²) in [5.41, 5.74) is 4.32. The van der Waals surface area contributed by atoms with E-state index in [9.17, 15) is 10.1 Å². The molecule has 2 aromatic carbocycles. The van der Waals surface area contributed by atoms with Crippen LogP contribution in [0.3, 0.4) is 0 Å². The lowest BCUT2D eigenvalue weighted by molar-refractivity contribution is -0.384. The molecule has 2 aromatic rings. The van der Waals surface area contributed by atoms with Gasteiger partial charge < -0.3 is 19.6 Å². The van der Waals surface area contributed by atoms with Crippen molar-refractivity contribution in [2.75, 3.05) is 21.3 Å². The van der Waals surface area contributed by atoms with Gasteiger partial charge in [0.2, 0.25) is 0 Å². The Morgan fingerprint density at radius 3 is 2.36 bits per heavy atom. The SMILES string of the molecule is COc1ccc([N+](=O)[O-])cc1/C=N/NCc1ccc(OC)c(OC)c1. The molecule has 0 saturated carbocycles. The fourth-order valence-corrected chi connectivity index (χ4v) is 2.18. The van der Waals surface area contributed by atoms with Crippen molar-refractivity contribution in [2.24, 2.45) is 5.10 Å². The first-order valence-corrected chi connectivity index (χ1v) is 7.38. The first kappa shape index (κ1) is 18.1. The second-order valence-electron chi connectivity index (χ2n) is 4.97. The third kappa shape index (κ3) is 4.60. The molecule has 132 valence electrons. The first-order valence-electron chi connectivity index (χ1n) is 7.38. The average molecular weight is 345 g/mol. The van der Waals surface area contributed by atoms with Crippen LogP contribution in [-0.2, 0) is 6.54 Å². The number of nitrogens with zero attached hydrogens (tertiary/aromatic N) is 2. The molecule has 8 heteroatoms. The third-order valence-corrected chi connectivity index (χ3v) is 3.45. The van der Waals surface area contributed by atoms with Crippen molar-refractivity contribution in [3.63, 3.8) is 0 Å². The zero-order valence-electron chi connectivity index (χ0n) is 14.2. The number of methoxy groups -OCH3 is 3. The summed E-state index contributed by atoms with van der Waals surface area (Å²) >= 11 is 0. The van der Waals surface area contributed by atoms with E-state index in [1.54, 1.807) is 14.2 Å². The van der Waals surface area contributed by atoms with E-state index in [4.69, 9.17) is 14.2 Å². The molecule has 0 radical (unpaired) electrons. The normalized spacial score (nSPS) is 10.5. The lowest BCUT2D eigenvalue weighted by Gasteiger charge is -2.09. The highest BCUT2D eigenvalue weighted by molar-refractivity contribution is 5.84. The smallest absolute Gasteiger partial charge is 0.270 e. The van der Waals surface area contributed by atoms with E-state index in [1.807, 2.05) is 18.2 Å². The number of ether oxygens (including phenoxy) is 3. The third-order valence-electron chi connectivity index (χ3n) is 3.45. The summed E-state index contributed by atoms with van der Waals surface area (Å²) in [7, 11) is 4.64. The molecule has 0 aliphatic rings. The van der Waals surface area contributed by atoms with E-state index in [0.29, 0.717) is 29.4 Å². The molecule has 8 nitrogen and oxygen atoms in total. The van der Waals surface area contributed by atoms with Crippen LogP contribution >= 0.6 is 0 Å². The van der Waals surface area contributed by atoms with Crippen molar-refractivity contribution in [1.82, 2.24) is 5.43 Å². The van der Waals surface area contributed by atoms with E-state index in [2.05, 4.69) is 10.5 Å². The molecule has 0 aromatic heterocycles. The van der Waals surface area contributed by atoms with Gasteiger partial charge in [-0.25, -0.2) is 0 Å². The lowest BCUT2D eigenvalue weighted by atomic mass is 10.2. The highest BCUT2D eigenvalue weighted by Crippen LogP contribution is 2.27. The summed E-state index contributed by atoms with van der Waals surface area (Å²) in [6.45, 7) is 0.452. The van der Waals surface area contributed by atoms with Gasteiger partial charge in [0.25, 0.3) is 5.69 Å². The Balaban J connectivity index is 2.06. The Kier molecular flexibility index (Phi) is 6.16. The molecule has 0 fully saturated rings. The highest BCUT2D eigenvalue weighted by Gasteiger charge is 2.10. The summed E-state index contributed by atoms with van der Waals surface area (Å²) in [6.07, 6.45) is 1.48. The van der Waals surface area contributed by atoms with E-state index in [0.717, 1.165) is 5.56 Å².